The molecule has 0 saturated carbocycles. The Labute approximate surface area is 120 Å². The molecule has 0 aromatic heterocycles. The van der Waals surface area contributed by atoms with Crippen molar-refractivity contribution in [2.24, 2.45) is 0 Å². The molecule has 1 aromatic carbocycles. The van der Waals surface area contributed by atoms with Crippen LogP contribution in [0.15, 0.2) is 24.3 Å². The van der Waals surface area contributed by atoms with E-state index < -0.39 is 0 Å². The number of likely N-dealkylation sites (N-methyl/N-ethyl adjacent to an activating group) is 1. The largest absolute Gasteiger partial charge is 0.379 e. The van der Waals surface area contributed by atoms with E-state index in [-0.39, 0.29) is 5.91 Å². The van der Waals surface area contributed by atoms with E-state index in [1.807, 2.05) is 0 Å². The van der Waals surface area contributed by atoms with E-state index in [1.165, 1.54) is 5.56 Å². The molecular formula is C15H23N3O2. The second-order valence-electron chi connectivity index (χ2n) is 5.01. The maximum Gasteiger partial charge on any atom is 0.234 e. The predicted molar refractivity (Wildman–Crippen MR) is 78.3 cm³/mol. The molecular weight excluding hydrogens is 254 g/mol. The minimum absolute atomic E-state index is 0.0184. The Morgan fingerprint density at radius 2 is 1.85 bits per heavy atom. The van der Waals surface area contributed by atoms with Crippen LogP contribution >= 0.6 is 0 Å². The van der Waals surface area contributed by atoms with Gasteiger partial charge in [-0.15, -0.1) is 0 Å². The van der Waals surface area contributed by atoms with Gasteiger partial charge in [0.2, 0.25) is 5.91 Å². The summed E-state index contributed by atoms with van der Waals surface area (Å²) < 4.78 is 5.34. The van der Waals surface area contributed by atoms with Crippen LogP contribution in [0.3, 0.4) is 0 Å². The summed E-state index contributed by atoms with van der Waals surface area (Å²) in [6, 6.07) is 8.43. The molecule has 2 N–H and O–H groups in total. The summed E-state index contributed by atoms with van der Waals surface area (Å²) in [6.07, 6.45) is 0. The van der Waals surface area contributed by atoms with Crippen molar-refractivity contribution in [1.82, 2.24) is 15.5 Å². The molecule has 0 radical (unpaired) electrons. The molecule has 2 rings (SSSR count). The Morgan fingerprint density at radius 1 is 1.20 bits per heavy atom. The van der Waals surface area contributed by atoms with Crippen molar-refractivity contribution in [3.63, 3.8) is 0 Å². The first kappa shape index (κ1) is 15.0. The number of hydrogen-bond donors (Lipinski definition) is 2. The second kappa shape index (κ2) is 7.99. The van der Waals surface area contributed by atoms with Gasteiger partial charge in [0.15, 0.2) is 0 Å². The van der Waals surface area contributed by atoms with Crippen molar-refractivity contribution in [1.29, 1.82) is 0 Å². The third kappa shape index (κ3) is 4.92. The van der Waals surface area contributed by atoms with Crippen LogP contribution in [0.25, 0.3) is 0 Å². The molecule has 1 aliphatic heterocycles. The van der Waals surface area contributed by atoms with Gasteiger partial charge >= 0.3 is 0 Å². The normalized spacial score (nSPS) is 16.1. The first-order chi connectivity index (χ1) is 9.78. The number of rotatable bonds is 6. The number of carbonyl (C=O) groups excluding carboxylic acids is 1. The maximum atomic E-state index is 11.4. The minimum Gasteiger partial charge on any atom is -0.379 e. The van der Waals surface area contributed by atoms with Crippen molar-refractivity contribution < 1.29 is 9.53 Å². The summed E-state index contributed by atoms with van der Waals surface area (Å²) in [7, 11) is 1.76. The molecule has 5 nitrogen and oxygen atoms in total. The number of nitrogens with one attached hydrogen (secondary N) is 2. The van der Waals surface area contributed by atoms with E-state index in [0.29, 0.717) is 13.1 Å². The highest BCUT2D eigenvalue weighted by Gasteiger charge is 2.10. The quantitative estimate of drug-likeness (QED) is 0.788. The van der Waals surface area contributed by atoms with E-state index >= 15 is 0 Å². The van der Waals surface area contributed by atoms with Gasteiger partial charge in [0.25, 0.3) is 0 Å². The van der Waals surface area contributed by atoms with Gasteiger partial charge in [-0.3, -0.25) is 9.69 Å². The fraction of sp³-hybridized carbons (Fsp3) is 0.533. The van der Waals surface area contributed by atoms with Crippen molar-refractivity contribution in [2.45, 2.75) is 13.1 Å². The average molecular weight is 277 g/mol. The van der Waals surface area contributed by atoms with Gasteiger partial charge in [-0.05, 0) is 18.2 Å². The number of ether oxygens (including phenoxy) is 1. The van der Waals surface area contributed by atoms with Crippen LogP contribution in [-0.4, -0.2) is 50.7 Å². The fourth-order valence-corrected chi connectivity index (χ4v) is 2.20. The highest BCUT2D eigenvalue weighted by atomic mass is 16.5. The van der Waals surface area contributed by atoms with Gasteiger partial charge in [0.05, 0.1) is 19.8 Å². The minimum atomic E-state index is 0.0184. The molecule has 0 bridgehead atoms. The number of hydrogen-bond acceptors (Lipinski definition) is 4. The van der Waals surface area contributed by atoms with Gasteiger partial charge in [-0.2, -0.15) is 0 Å². The van der Waals surface area contributed by atoms with Crippen LogP contribution < -0.4 is 10.6 Å². The van der Waals surface area contributed by atoms with Crippen LogP contribution in [0, 0.1) is 0 Å². The molecule has 1 fully saturated rings. The Balaban J connectivity index is 1.78. The average Bonchev–Trinajstić information content (AvgIpc) is 2.48. The topological polar surface area (TPSA) is 53.6 Å². The number of carbonyl (C=O) groups is 1. The molecule has 5 heteroatoms. The van der Waals surface area contributed by atoms with Gasteiger partial charge in [-0.1, -0.05) is 24.3 Å². The predicted octanol–water partition coefficient (Wildman–Crippen LogP) is 0.354. The highest BCUT2D eigenvalue weighted by molar-refractivity contribution is 5.77. The van der Waals surface area contributed by atoms with E-state index in [0.717, 1.165) is 38.4 Å². The van der Waals surface area contributed by atoms with Crippen LogP contribution in [0.4, 0.5) is 0 Å². The van der Waals surface area contributed by atoms with Gasteiger partial charge in [-0.25, -0.2) is 0 Å². The zero-order valence-corrected chi connectivity index (χ0v) is 12.0. The summed E-state index contributed by atoms with van der Waals surface area (Å²) in [5.74, 6) is 0.0184. The van der Waals surface area contributed by atoms with Gasteiger partial charge in [0.1, 0.15) is 0 Å². The summed E-state index contributed by atoms with van der Waals surface area (Å²) in [4.78, 5) is 13.7. The van der Waals surface area contributed by atoms with Crippen molar-refractivity contribution in [3.8, 4) is 0 Å². The molecule has 0 spiro atoms. The SMILES string of the molecule is CNCC(=O)NCc1ccc(CN2CCOCC2)cc1. The monoisotopic (exact) mass is 277 g/mol. The zero-order chi connectivity index (χ0) is 14.2. The molecule has 0 atom stereocenters. The van der Waals surface area contributed by atoms with E-state index in [4.69, 9.17) is 4.74 Å². The van der Waals surface area contributed by atoms with Crippen LogP contribution in [0.2, 0.25) is 0 Å². The first-order valence-electron chi connectivity index (χ1n) is 7.07. The van der Waals surface area contributed by atoms with E-state index in [2.05, 4.69) is 39.8 Å². The Hall–Kier alpha value is -1.43. The number of amides is 1. The van der Waals surface area contributed by atoms with Crippen LogP contribution in [-0.2, 0) is 22.6 Å². The molecule has 0 aliphatic carbocycles. The van der Waals surface area contributed by atoms with E-state index in [1.54, 1.807) is 7.05 Å². The van der Waals surface area contributed by atoms with Gasteiger partial charge < -0.3 is 15.4 Å². The lowest BCUT2D eigenvalue weighted by Crippen LogP contribution is -2.35. The third-order valence-corrected chi connectivity index (χ3v) is 3.36. The van der Waals surface area contributed by atoms with Crippen LogP contribution in [0.5, 0.6) is 0 Å². The molecule has 1 amide bonds. The molecule has 1 saturated heterocycles. The van der Waals surface area contributed by atoms with Crippen LogP contribution in [0.1, 0.15) is 11.1 Å². The molecule has 1 heterocycles. The molecule has 110 valence electrons. The molecule has 20 heavy (non-hydrogen) atoms. The summed E-state index contributed by atoms with van der Waals surface area (Å²) in [6.45, 7) is 5.57. The lowest BCUT2D eigenvalue weighted by atomic mass is 10.1. The molecule has 1 aliphatic rings. The smallest absolute Gasteiger partial charge is 0.234 e. The van der Waals surface area contributed by atoms with Crippen molar-refractivity contribution in [2.75, 3.05) is 39.9 Å². The summed E-state index contributed by atoms with van der Waals surface area (Å²) >= 11 is 0. The number of nitrogens with zero attached hydrogens (tertiary/aromatic N) is 1. The Kier molecular flexibility index (Phi) is 5.98. The Bertz CT molecular complexity index is 414. The van der Waals surface area contributed by atoms with Crippen molar-refractivity contribution in [3.05, 3.63) is 35.4 Å². The second-order valence-corrected chi connectivity index (χ2v) is 5.01. The number of morpholine rings is 1. The standard InChI is InChI=1S/C15H23N3O2/c1-16-11-15(19)17-10-13-2-4-14(5-3-13)12-18-6-8-20-9-7-18/h2-5,16H,6-12H2,1H3,(H,17,19). The number of benzene rings is 1. The first-order valence-corrected chi connectivity index (χ1v) is 7.07. The van der Waals surface area contributed by atoms with Gasteiger partial charge in [0, 0.05) is 26.2 Å². The lowest BCUT2D eigenvalue weighted by Gasteiger charge is -2.26. The molecule has 1 aromatic rings. The summed E-state index contributed by atoms with van der Waals surface area (Å²) in [5.41, 5.74) is 2.43. The maximum absolute atomic E-state index is 11.4. The lowest BCUT2D eigenvalue weighted by molar-refractivity contribution is -0.120. The summed E-state index contributed by atoms with van der Waals surface area (Å²) in [5, 5.41) is 5.70. The highest BCUT2D eigenvalue weighted by Crippen LogP contribution is 2.09. The molecule has 0 unspecified atom stereocenters. The zero-order valence-electron chi connectivity index (χ0n) is 12.0. The fourth-order valence-electron chi connectivity index (χ4n) is 2.20. The van der Waals surface area contributed by atoms with Crippen molar-refractivity contribution >= 4 is 5.91 Å². The third-order valence-electron chi connectivity index (χ3n) is 3.36. The van der Waals surface area contributed by atoms with E-state index in [9.17, 15) is 4.79 Å². The Morgan fingerprint density at radius 3 is 2.50 bits per heavy atom.